The zero-order valence-corrected chi connectivity index (χ0v) is 16.6. The molecule has 3 rings (SSSR count). The van der Waals surface area contributed by atoms with Crippen molar-refractivity contribution in [1.29, 1.82) is 0 Å². The Balaban J connectivity index is 1.65. The van der Waals surface area contributed by atoms with E-state index in [-0.39, 0.29) is 6.54 Å². The predicted molar refractivity (Wildman–Crippen MR) is 109 cm³/mol. The van der Waals surface area contributed by atoms with Gasteiger partial charge in [-0.3, -0.25) is 4.68 Å². The molecular weight excluding hydrogens is 338 g/mol. The fourth-order valence-corrected chi connectivity index (χ4v) is 3.65. The molecule has 0 aliphatic heterocycles. The van der Waals surface area contributed by atoms with Gasteiger partial charge in [-0.2, -0.15) is 5.10 Å². The second kappa shape index (κ2) is 8.57. The fourth-order valence-electron chi connectivity index (χ4n) is 3.65. The average molecular weight is 370 g/mol. The molecule has 2 unspecified atom stereocenters. The van der Waals surface area contributed by atoms with Crippen LogP contribution in [-0.2, 0) is 19.1 Å². The highest BCUT2D eigenvalue weighted by atomic mass is 16.3. The molecule has 1 aliphatic carbocycles. The van der Waals surface area contributed by atoms with Crippen LogP contribution in [0.15, 0.2) is 41.7 Å². The summed E-state index contributed by atoms with van der Waals surface area (Å²) in [6.07, 6.45) is 7.11. The standard InChI is InChI=1S/C21H31N5O/c1-4-22-20(24-15-21(2,27)18-13-25-26(3)14-18)23-12-17-10-7-9-16-8-5-6-11-19(16)17/h5-6,8,11,13-14,17,27H,4,7,9-10,12,15H2,1-3H3,(H2,22,23,24). The Morgan fingerprint density at radius 2 is 2.19 bits per heavy atom. The van der Waals surface area contributed by atoms with E-state index in [2.05, 4.69) is 45.0 Å². The number of aliphatic imine (C=N–C) groups is 1. The minimum absolute atomic E-state index is 0.273. The van der Waals surface area contributed by atoms with Gasteiger partial charge in [0.1, 0.15) is 5.60 Å². The first-order valence-corrected chi connectivity index (χ1v) is 9.81. The quantitative estimate of drug-likeness (QED) is 0.540. The lowest BCUT2D eigenvalue weighted by Gasteiger charge is -2.26. The van der Waals surface area contributed by atoms with Crippen molar-refractivity contribution in [2.75, 3.05) is 19.6 Å². The first kappa shape index (κ1) is 19.4. The zero-order valence-electron chi connectivity index (χ0n) is 16.6. The van der Waals surface area contributed by atoms with Gasteiger partial charge >= 0.3 is 0 Å². The van der Waals surface area contributed by atoms with Crippen LogP contribution in [0.4, 0.5) is 0 Å². The molecule has 3 N–H and O–H groups in total. The molecule has 1 aromatic carbocycles. The Labute approximate surface area is 161 Å². The maximum absolute atomic E-state index is 10.7. The molecular formula is C21H31N5O. The molecule has 2 aromatic rings. The summed E-state index contributed by atoms with van der Waals surface area (Å²) in [5.74, 6) is 1.24. The van der Waals surface area contributed by atoms with Gasteiger partial charge in [-0.25, -0.2) is 4.99 Å². The van der Waals surface area contributed by atoms with E-state index >= 15 is 0 Å². The number of aryl methyl sites for hydroxylation is 2. The van der Waals surface area contributed by atoms with Crippen molar-refractivity contribution >= 4 is 5.96 Å². The van der Waals surface area contributed by atoms with Gasteiger partial charge in [0.25, 0.3) is 0 Å². The predicted octanol–water partition coefficient (Wildman–Crippen LogP) is 2.30. The van der Waals surface area contributed by atoms with E-state index in [0.29, 0.717) is 5.92 Å². The fraction of sp³-hybridized carbons (Fsp3) is 0.524. The molecule has 0 radical (unpaired) electrons. The molecule has 0 fully saturated rings. The molecule has 0 saturated carbocycles. The van der Waals surface area contributed by atoms with E-state index in [9.17, 15) is 5.11 Å². The second-order valence-electron chi connectivity index (χ2n) is 7.54. The molecule has 146 valence electrons. The number of nitrogens with zero attached hydrogens (tertiary/aromatic N) is 3. The van der Waals surface area contributed by atoms with Crippen LogP contribution in [0, 0.1) is 0 Å². The van der Waals surface area contributed by atoms with Crippen molar-refractivity contribution < 1.29 is 5.11 Å². The van der Waals surface area contributed by atoms with Crippen molar-refractivity contribution in [1.82, 2.24) is 20.4 Å². The number of nitrogens with one attached hydrogen (secondary N) is 2. The highest BCUT2D eigenvalue weighted by Crippen LogP contribution is 2.30. The summed E-state index contributed by atoms with van der Waals surface area (Å²) < 4.78 is 1.69. The lowest BCUT2D eigenvalue weighted by molar-refractivity contribution is 0.0672. The molecule has 1 aliphatic rings. The molecule has 0 bridgehead atoms. The Kier molecular flexibility index (Phi) is 6.16. The summed E-state index contributed by atoms with van der Waals surface area (Å²) in [7, 11) is 1.84. The van der Waals surface area contributed by atoms with Gasteiger partial charge in [-0.1, -0.05) is 24.3 Å². The maximum Gasteiger partial charge on any atom is 0.191 e. The molecule has 1 heterocycles. The number of hydrogen-bond acceptors (Lipinski definition) is 3. The molecule has 6 heteroatoms. The highest BCUT2D eigenvalue weighted by molar-refractivity contribution is 5.79. The lowest BCUT2D eigenvalue weighted by atomic mass is 9.83. The van der Waals surface area contributed by atoms with Crippen molar-refractivity contribution in [3.8, 4) is 0 Å². The second-order valence-corrected chi connectivity index (χ2v) is 7.54. The molecule has 2 atom stereocenters. The van der Waals surface area contributed by atoms with Gasteiger partial charge in [0.15, 0.2) is 5.96 Å². The van der Waals surface area contributed by atoms with E-state index in [0.717, 1.165) is 24.6 Å². The third kappa shape index (κ3) is 4.89. The van der Waals surface area contributed by atoms with E-state index in [1.165, 1.54) is 30.4 Å². The van der Waals surface area contributed by atoms with E-state index in [1.807, 2.05) is 20.2 Å². The maximum atomic E-state index is 10.7. The van der Waals surface area contributed by atoms with Crippen LogP contribution in [0.1, 0.15) is 49.3 Å². The van der Waals surface area contributed by atoms with Crippen LogP contribution in [0.5, 0.6) is 0 Å². The smallest absolute Gasteiger partial charge is 0.191 e. The minimum Gasteiger partial charge on any atom is -0.383 e. The van der Waals surface area contributed by atoms with Crippen LogP contribution in [-0.4, -0.2) is 40.5 Å². The molecule has 6 nitrogen and oxygen atoms in total. The van der Waals surface area contributed by atoms with Gasteiger partial charge in [-0.15, -0.1) is 0 Å². The van der Waals surface area contributed by atoms with Crippen molar-refractivity contribution in [3.63, 3.8) is 0 Å². The molecule has 0 saturated heterocycles. The summed E-state index contributed by atoms with van der Waals surface area (Å²) in [6, 6.07) is 8.74. The van der Waals surface area contributed by atoms with Crippen LogP contribution < -0.4 is 10.6 Å². The van der Waals surface area contributed by atoms with E-state index in [1.54, 1.807) is 17.8 Å². The molecule has 27 heavy (non-hydrogen) atoms. The first-order chi connectivity index (χ1) is 13.0. The first-order valence-electron chi connectivity index (χ1n) is 9.81. The van der Waals surface area contributed by atoms with Gasteiger partial charge in [0.05, 0.1) is 12.7 Å². The average Bonchev–Trinajstić information content (AvgIpc) is 3.11. The monoisotopic (exact) mass is 369 g/mol. The number of aliphatic hydroxyl groups is 1. The third-order valence-electron chi connectivity index (χ3n) is 5.23. The van der Waals surface area contributed by atoms with Gasteiger partial charge in [0, 0.05) is 37.8 Å². The van der Waals surface area contributed by atoms with Crippen LogP contribution in [0.3, 0.4) is 0 Å². The Bertz CT molecular complexity index is 780. The summed E-state index contributed by atoms with van der Waals surface area (Å²) in [5.41, 5.74) is 2.64. The summed E-state index contributed by atoms with van der Waals surface area (Å²) in [4.78, 5) is 4.62. The normalized spacial score (nSPS) is 19.3. The minimum atomic E-state index is -1.05. The summed E-state index contributed by atoms with van der Waals surface area (Å²) in [6.45, 7) is 5.72. The zero-order chi connectivity index (χ0) is 19.3. The highest BCUT2D eigenvalue weighted by Gasteiger charge is 2.25. The SMILES string of the molecule is CCNC(=NCC(C)(O)c1cnn(C)c1)NCC1CCCc2ccccc21. The third-order valence-corrected chi connectivity index (χ3v) is 5.23. The Morgan fingerprint density at radius 3 is 2.93 bits per heavy atom. The number of aromatic nitrogens is 2. The topological polar surface area (TPSA) is 74.5 Å². The van der Waals surface area contributed by atoms with Crippen LogP contribution in [0.2, 0.25) is 0 Å². The van der Waals surface area contributed by atoms with Gasteiger partial charge in [-0.05, 0) is 44.2 Å². The van der Waals surface area contributed by atoms with Crippen LogP contribution in [0.25, 0.3) is 0 Å². The number of hydrogen-bond donors (Lipinski definition) is 3. The Morgan fingerprint density at radius 1 is 1.37 bits per heavy atom. The van der Waals surface area contributed by atoms with Gasteiger partial charge < -0.3 is 15.7 Å². The largest absolute Gasteiger partial charge is 0.383 e. The molecule has 1 aromatic heterocycles. The molecule has 0 spiro atoms. The number of rotatable bonds is 6. The molecule has 0 amide bonds. The van der Waals surface area contributed by atoms with Crippen molar-refractivity contribution in [2.45, 2.75) is 44.6 Å². The summed E-state index contributed by atoms with van der Waals surface area (Å²) in [5, 5.41) is 21.6. The van der Waals surface area contributed by atoms with Crippen LogP contribution >= 0.6 is 0 Å². The van der Waals surface area contributed by atoms with Gasteiger partial charge in [0.2, 0.25) is 0 Å². The van der Waals surface area contributed by atoms with E-state index < -0.39 is 5.60 Å². The number of guanidine groups is 1. The van der Waals surface area contributed by atoms with E-state index in [4.69, 9.17) is 0 Å². The summed E-state index contributed by atoms with van der Waals surface area (Å²) >= 11 is 0. The lowest BCUT2D eigenvalue weighted by Crippen LogP contribution is -2.41. The van der Waals surface area contributed by atoms with Crippen molar-refractivity contribution in [2.24, 2.45) is 12.0 Å². The van der Waals surface area contributed by atoms with Crippen molar-refractivity contribution in [3.05, 3.63) is 53.3 Å². The Hall–Kier alpha value is -2.34. The number of benzene rings is 1. The number of fused-ring (bicyclic) bond motifs is 1.